The Balaban J connectivity index is 2.72. The van der Waals surface area contributed by atoms with E-state index in [0.717, 1.165) is 6.42 Å². The van der Waals surface area contributed by atoms with Crippen LogP contribution >= 0.6 is 0 Å². The van der Waals surface area contributed by atoms with Gasteiger partial charge in [0, 0.05) is 6.20 Å². The van der Waals surface area contributed by atoms with E-state index < -0.39 is 0 Å². The summed E-state index contributed by atoms with van der Waals surface area (Å²) in [6.45, 7) is 4.29. The molecule has 0 amide bonds. The van der Waals surface area contributed by atoms with Crippen LogP contribution in [0.1, 0.15) is 20.3 Å². The van der Waals surface area contributed by atoms with Crippen molar-refractivity contribution in [2.75, 3.05) is 7.05 Å². The van der Waals surface area contributed by atoms with E-state index in [1.165, 1.54) is 11.1 Å². The fourth-order valence-corrected chi connectivity index (χ4v) is 1.35. The average molecular weight is 152 g/mol. The SMILES string of the molecule is CC/C=C1/C(C)=CNC1NC. The topological polar surface area (TPSA) is 24.1 Å². The van der Waals surface area contributed by atoms with Crippen molar-refractivity contribution >= 4 is 0 Å². The van der Waals surface area contributed by atoms with Gasteiger partial charge < -0.3 is 5.32 Å². The fourth-order valence-electron chi connectivity index (χ4n) is 1.35. The first-order valence-electron chi connectivity index (χ1n) is 4.10. The second-order valence-electron chi connectivity index (χ2n) is 2.78. The Morgan fingerprint density at radius 1 is 1.73 bits per heavy atom. The summed E-state index contributed by atoms with van der Waals surface area (Å²) in [7, 11) is 1.97. The number of rotatable bonds is 2. The van der Waals surface area contributed by atoms with Gasteiger partial charge in [0.1, 0.15) is 6.17 Å². The predicted octanol–water partition coefficient (Wildman–Crippen LogP) is 1.38. The first-order valence-corrected chi connectivity index (χ1v) is 4.10. The third-order valence-electron chi connectivity index (χ3n) is 1.95. The van der Waals surface area contributed by atoms with Gasteiger partial charge in [-0.05, 0) is 31.5 Å². The average Bonchev–Trinajstić information content (AvgIpc) is 2.34. The van der Waals surface area contributed by atoms with Crippen LogP contribution in [-0.4, -0.2) is 13.2 Å². The van der Waals surface area contributed by atoms with Gasteiger partial charge in [0.25, 0.3) is 0 Å². The first-order chi connectivity index (χ1) is 5.29. The van der Waals surface area contributed by atoms with E-state index in [2.05, 4.69) is 36.8 Å². The lowest BCUT2D eigenvalue weighted by Crippen LogP contribution is -2.34. The third-order valence-corrected chi connectivity index (χ3v) is 1.95. The summed E-state index contributed by atoms with van der Waals surface area (Å²) >= 11 is 0. The summed E-state index contributed by atoms with van der Waals surface area (Å²) < 4.78 is 0. The molecular formula is C9H16N2. The molecule has 0 saturated heterocycles. The monoisotopic (exact) mass is 152 g/mol. The number of nitrogens with one attached hydrogen (secondary N) is 2. The van der Waals surface area contributed by atoms with E-state index in [4.69, 9.17) is 0 Å². The van der Waals surface area contributed by atoms with Gasteiger partial charge in [0.15, 0.2) is 0 Å². The van der Waals surface area contributed by atoms with Gasteiger partial charge in [-0.2, -0.15) is 0 Å². The molecule has 1 aliphatic rings. The van der Waals surface area contributed by atoms with Gasteiger partial charge in [-0.3, -0.25) is 5.32 Å². The van der Waals surface area contributed by atoms with Gasteiger partial charge in [-0.15, -0.1) is 0 Å². The predicted molar refractivity (Wildman–Crippen MR) is 48.1 cm³/mol. The molecule has 0 spiro atoms. The highest BCUT2D eigenvalue weighted by molar-refractivity contribution is 5.37. The maximum atomic E-state index is 3.25. The Labute approximate surface area is 68.4 Å². The van der Waals surface area contributed by atoms with Crippen LogP contribution in [0.25, 0.3) is 0 Å². The maximum absolute atomic E-state index is 3.25. The minimum absolute atomic E-state index is 0.329. The molecule has 1 aliphatic heterocycles. The molecule has 1 rings (SSSR count). The van der Waals surface area contributed by atoms with Crippen LogP contribution in [0, 0.1) is 0 Å². The van der Waals surface area contributed by atoms with Crippen LogP contribution in [-0.2, 0) is 0 Å². The molecule has 62 valence electrons. The van der Waals surface area contributed by atoms with Gasteiger partial charge >= 0.3 is 0 Å². The molecule has 0 aromatic heterocycles. The van der Waals surface area contributed by atoms with Gasteiger partial charge in [0.2, 0.25) is 0 Å². The van der Waals surface area contributed by atoms with Crippen LogP contribution in [0.15, 0.2) is 23.4 Å². The van der Waals surface area contributed by atoms with Crippen molar-refractivity contribution in [2.24, 2.45) is 0 Å². The highest BCUT2D eigenvalue weighted by atomic mass is 15.1. The highest BCUT2D eigenvalue weighted by Crippen LogP contribution is 2.17. The Morgan fingerprint density at radius 2 is 2.45 bits per heavy atom. The third kappa shape index (κ3) is 1.63. The molecule has 0 radical (unpaired) electrons. The second-order valence-corrected chi connectivity index (χ2v) is 2.78. The molecule has 0 aliphatic carbocycles. The van der Waals surface area contributed by atoms with Gasteiger partial charge in [0.05, 0.1) is 0 Å². The van der Waals surface area contributed by atoms with E-state index in [1.807, 2.05) is 7.05 Å². The molecule has 0 saturated carbocycles. The van der Waals surface area contributed by atoms with Crippen molar-refractivity contribution in [2.45, 2.75) is 26.4 Å². The standard InChI is InChI=1S/C9H16N2/c1-4-5-8-7(2)6-11-9(8)10-3/h5-6,9-11H,4H2,1-3H3/b8-5-. The van der Waals surface area contributed by atoms with Gasteiger partial charge in [-0.25, -0.2) is 0 Å². The van der Waals surface area contributed by atoms with Crippen molar-refractivity contribution in [3.05, 3.63) is 23.4 Å². The van der Waals surface area contributed by atoms with Crippen molar-refractivity contribution in [1.82, 2.24) is 10.6 Å². The molecule has 0 bridgehead atoms. The summed E-state index contributed by atoms with van der Waals surface area (Å²) in [5, 5.41) is 6.45. The lowest BCUT2D eigenvalue weighted by Gasteiger charge is -2.12. The molecule has 0 aromatic carbocycles. The second kappa shape index (κ2) is 3.58. The minimum atomic E-state index is 0.329. The van der Waals surface area contributed by atoms with E-state index in [-0.39, 0.29) is 0 Å². The Hall–Kier alpha value is -0.760. The van der Waals surface area contributed by atoms with Crippen LogP contribution in [0.4, 0.5) is 0 Å². The van der Waals surface area contributed by atoms with Gasteiger partial charge in [-0.1, -0.05) is 13.0 Å². The van der Waals surface area contributed by atoms with Crippen molar-refractivity contribution < 1.29 is 0 Å². The summed E-state index contributed by atoms with van der Waals surface area (Å²) in [5.74, 6) is 0. The summed E-state index contributed by atoms with van der Waals surface area (Å²) in [5.41, 5.74) is 2.72. The molecule has 0 aromatic rings. The van der Waals surface area contributed by atoms with Crippen molar-refractivity contribution in [1.29, 1.82) is 0 Å². The minimum Gasteiger partial charge on any atom is -0.372 e. The summed E-state index contributed by atoms with van der Waals surface area (Å²) in [4.78, 5) is 0. The molecule has 11 heavy (non-hydrogen) atoms. The van der Waals surface area contributed by atoms with E-state index in [9.17, 15) is 0 Å². The zero-order chi connectivity index (χ0) is 8.27. The Morgan fingerprint density at radius 3 is 3.00 bits per heavy atom. The fraction of sp³-hybridized carbons (Fsp3) is 0.556. The molecular weight excluding hydrogens is 136 g/mol. The smallest absolute Gasteiger partial charge is 0.102 e. The zero-order valence-corrected chi connectivity index (χ0v) is 7.44. The highest BCUT2D eigenvalue weighted by Gasteiger charge is 2.16. The molecule has 2 heteroatoms. The Bertz CT molecular complexity index is 192. The Kier molecular flexibility index (Phi) is 2.71. The van der Waals surface area contributed by atoms with Crippen molar-refractivity contribution in [3.8, 4) is 0 Å². The van der Waals surface area contributed by atoms with Crippen LogP contribution in [0.3, 0.4) is 0 Å². The van der Waals surface area contributed by atoms with Crippen LogP contribution in [0.5, 0.6) is 0 Å². The molecule has 2 N–H and O–H groups in total. The van der Waals surface area contributed by atoms with E-state index >= 15 is 0 Å². The number of allylic oxidation sites excluding steroid dienone is 1. The van der Waals surface area contributed by atoms with Crippen LogP contribution < -0.4 is 10.6 Å². The lowest BCUT2D eigenvalue weighted by atomic mass is 10.1. The quantitative estimate of drug-likeness (QED) is 0.624. The molecule has 0 fully saturated rings. The maximum Gasteiger partial charge on any atom is 0.102 e. The summed E-state index contributed by atoms with van der Waals surface area (Å²) in [6.07, 6.45) is 5.74. The largest absolute Gasteiger partial charge is 0.372 e. The molecule has 1 heterocycles. The van der Waals surface area contributed by atoms with Crippen molar-refractivity contribution in [3.63, 3.8) is 0 Å². The van der Waals surface area contributed by atoms with E-state index in [1.54, 1.807) is 0 Å². The summed E-state index contributed by atoms with van der Waals surface area (Å²) in [6, 6.07) is 0. The molecule has 2 nitrogen and oxygen atoms in total. The molecule has 1 atom stereocenters. The normalized spacial score (nSPS) is 27.0. The lowest BCUT2D eigenvalue weighted by molar-refractivity contribution is 0.610. The zero-order valence-electron chi connectivity index (χ0n) is 7.44. The number of likely N-dealkylation sites (N-methyl/N-ethyl adjacent to an activating group) is 1. The van der Waals surface area contributed by atoms with E-state index in [0.29, 0.717) is 6.17 Å². The molecule has 1 unspecified atom stereocenters. The number of hydrogen-bond acceptors (Lipinski definition) is 2. The van der Waals surface area contributed by atoms with Crippen LogP contribution in [0.2, 0.25) is 0 Å². The number of hydrogen-bond donors (Lipinski definition) is 2. The first kappa shape index (κ1) is 8.34.